The Balaban J connectivity index is 2.38. The molecule has 0 N–H and O–H groups in total. The lowest BCUT2D eigenvalue weighted by Crippen LogP contribution is -2.29. The van der Waals surface area contributed by atoms with E-state index in [1.807, 2.05) is 18.2 Å². The zero-order chi connectivity index (χ0) is 11.8. The van der Waals surface area contributed by atoms with Crippen molar-refractivity contribution in [2.45, 2.75) is 18.9 Å². The first kappa shape index (κ1) is 11.9. The summed E-state index contributed by atoms with van der Waals surface area (Å²) in [4.78, 5) is 0. The lowest BCUT2D eigenvalue weighted by molar-refractivity contribution is 0.400. The summed E-state index contributed by atoms with van der Waals surface area (Å²) in [5.74, 6) is 0. The van der Waals surface area contributed by atoms with Gasteiger partial charge in [0.2, 0.25) is 10.0 Å². The molecule has 0 unspecified atom stereocenters. The monoisotopic (exact) mass is 259 g/mol. The second kappa shape index (κ2) is 4.35. The van der Waals surface area contributed by atoms with Crippen molar-refractivity contribution in [2.75, 3.05) is 12.8 Å². The first-order valence-electron chi connectivity index (χ1n) is 5.21. The Kier molecular flexibility index (Phi) is 3.24. The van der Waals surface area contributed by atoms with Crippen LogP contribution in [0.3, 0.4) is 0 Å². The lowest BCUT2D eigenvalue weighted by atomic mass is 10.1. The maximum atomic E-state index is 11.6. The fraction of sp³-hybridized carbons (Fsp3) is 0.455. The van der Waals surface area contributed by atoms with Gasteiger partial charge in [-0.25, -0.2) is 8.42 Å². The quantitative estimate of drug-likeness (QED) is 0.818. The topological polar surface area (TPSA) is 37.4 Å². The molecule has 1 fully saturated rings. The molecule has 1 heterocycles. The number of sulfonamides is 1. The maximum absolute atomic E-state index is 11.6. The summed E-state index contributed by atoms with van der Waals surface area (Å²) < 4.78 is 24.8. The number of nitrogens with zero attached hydrogens (tertiary/aromatic N) is 1. The van der Waals surface area contributed by atoms with Gasteiger partial charge in [0, 0.05) is 11.6 Å². The Morgan fingerprint density at radius 1 is 1.38 bits per heavy atom. The number of hydrogen-bond acceptors (Lipinski definition) is 2. The largest absolute Gasteiger partial charge is 0.212 e. The average molecular weight is 260 g/mol. The van der Waals surface area contributed by atoms with Crippen LogP contribution >= 0.6 is 11.6 Å². The van der Waals surface area contributed by atoms with Gasteiger partial charge in [-0.05, 0) is 24.5 Å². The third-order valence-corrected chi connectivity index (χ3v) is 4.53. The molecular formula is C11H14ClNO2S. The molecule has 0 radical (unpaired) electrons. The van der Waals surface area contributed by atoms with E-state index in [0.717, 1.165) is 18.4 Å². The molecule has 0 spiro atoms. The minimum Gasteiger partial charge on any atom is -0.212 e. The van der Waals surface area contributed by atoms with E-state index in [1.165, 1.54) is 10.6 Å². The third-order valence-electron chi connectivity index (χ3n) is 2.89. The Bertz CT molecular complexity index is 487. The molecule has 1 atom stereocenters. The smallest absolute Gasteiger partial charge is 0.211 e. The number of hydrogen-bond donors (Lipinski definition) is 0. The molecule has 1 aliphatic heterocycles. The van der Waals surface area contributed by atoms with Crippen molar-refractivity contribution in [1.82, 2.24) is 4.31 Å². The molecule has 0 bridgehead atoms. The Morgan fingerprint density at radius 3 is 2.69 bits per heavy atom. The van der Waals surface area contributed by atoms with Crippen LogP contribution in [0.1, 0.15) is 24.4 Å². The first-order valence-corrected chi connectivity index (χ1v) is 7.44. The molecule has 88 valence electrons. The predicted octanol–water partition coefficient (Wildman–Crippen LogP) is 2.44. The van der Waals surface area contributed by atoms with Crippen LogP contribution in [0.25, 0.3) is 0 Å². The van der Waals surface area contributed by atoms with Crippen molar-refractivity contribution >= 4 is 21.6 Å². The summed E-state index contributed by atoms with van der Waals surface area (Å²) >= 11 is 6.10. The highest BCUT2D eigenvalue weighted by molar-refractivity contribution is 7.88. The van der Waals surface area contributed by atoms with Crippen LogP contribution in [0, 0.1) is 0 Å². The van der Waals surface area contributed by atoms with Crippen LogP contribution in [-0.4, -0.2) is 25.5 Å². The van der Waals surface area contributed by atoms with Gasteiger partial charge < -0.3 is 0 Å². The number of benzene rings is 1. The van der Waals surface area contributed by atoms with Crippen LogP contribution in [0.5, 0.6) is 0 Å². The van der Waals surface area contributed by atoms with E-state index in [9.17, 15) is 8.42 Å². The maximum Gasteiger partial charge on any atom is 0.211 e. The van der Waals surface area contributed by atoms with Crippen LogP contribution in [0.4, 0.5) is 0 Å². The summed E-state index contributed by atoms with van der Waals surface area (Å²) in [6, 6.07) is 7.35. The summed E-state index contributed by atoms with van der Waals surface area (Å²) in [5.41, 5.74) is 0.909. The Labute approximate surface area is 101 Å². The van der Waals surface area contributed by atoms with E-state index in [0.29, 0.717) is 11.6 Å². The van der Waals surface area contributed by atoms with Gasteiger partial charge in [-0.15, -0.1) is 0 Å². The van der Waals surface area contributed by atoms with E-state index in [2.05, 4.69) is 0 Å². The number of rotatable bonds is 2. The normalized spacial score (nSPS) is 22.5. The van der Waals surface area contributed by atoms with Crippen molar-refractivity contribution in [3.63, 3.8) is 0 Å². The lowest BCUT2D eigenvalue weighted by Gasteiger charge is -2.23. The standard InChI is InChI=1S/C11H14ClNO2S/c1-16(14,15)13-8-4-7-11(13)9-5-2-3-6-10(9)12/h2-3,5-6,11H,4,7-8H2,1H3/t11-/m0/s1. The SMILES string of the molecule is CS(=O)(=O)N1CCC[C@H]1c1ccccc1Cl. The molecule has 1 aromatic rings. The van der Waals surface area contributed by atoms with E-state index >= 15 is 0 Å². The van der Waals surface area contributed by atoms with Crippen LogP contribution in [-0.2, 0) is 10.0 Å². The average Bonchev–Trinajstić information content (AvgIpc) is 2.66. The second-order valence-electron chi connectivity index (χ2n) is 4.05. The fourth-order valence-electron chi connectivity index (χ4n) is 2.19. The fourth-order valence-corrected chi connectivity index (χ4v) is 3.60. The van der Waals surface area contributed by atoms with E-state index in [-0.39, 0.29) is 6.04 Å². The van der Waals surface area contributed by atoms with E-state index in [1.54, 1.807) is 6.07 Å². The van der Waals surface area contributed by atoms with Gasteiger partial charge in [-0.3, -0.25) is 0 Å². The van der Waals surface area contributed by atoms with Gasteiger partial charge >= 0.3 is 0 Å². The highest BCUT2D eigenvalue weighted by atomic mass is 35.5. The molecule has 16 heavy (non-hydrogen) atoms. The summed E-state index contributed by atoms with van der Waals surface area (Å²) in [5, 5.41) is 0.642. The van der Waals surface area contributed by atoms with Crippen molar-refractivity contribution in [2.24, 2.45) is 0 Å². The molecule has 2 rings (SSSR count). The summed E-state index contributed by atoms with van der Waals surface area (Å²) in [7, 11) is -3.14. The van der Waals surface area contributed by atoms with Crippen LogP contribution in [0.15, 0.2) is 24.3 Å². The summed E-state index contributed by atoms with van der Waals surface area (Å²) in [6.45, 7) is 0.592. The minimum absolute atomic E-state index is 0.0938. The predicted molar refractivity (Wildman–Crippen MR) is 65.0 cm³/mol. The molecular weight excluding hydrogens is 246 g/mol. The van der Waals surface area contributed by atoms with Gasteiger partial charge in [-0.2, -0.15) is 4.31 Å². The summed E-state index contributed by atoms with van der Waals surface area (Å²) in [6.07, 6.45) is 2.99. The van der Waals surface area contributed by atoms with Gasteiger partial charge in [0.1, 0.15) is 0 Å². The molecule has 0 amide bonds. The van der Waals surface area contributed by atoms with Crippen LogP contribution in [0.2, 0.25) is 5.02 Å². The minimum atomic E-state index is -3.14. The molecule has 1 aromatic carbocycles. The highest BCUT2D eigenvalue weighted by Crippen LogP contribution is 2.36. The van der Waals surface area contributed by atoms with Crippen molar-refractivity contribution in [3.05, 3.63) is 34.9 Å². The third kappa shape index (κ3) is 2.24. The van der Waals surface area contributed by atoms with Gasteiger partial charge in [0.05, 0.1) is 12.3 Å². The van der Waals surface area contributed by atoms with Gasteiger partial charge in [-0.1, -0.05) is 29.8 Å². The first-order chi connectivity index (χ1) is 7.50. The molecule has 0 saturated carbocycles. The molecule has 0 aromatic heterocycles. The van der Waals surface area contributed by atoms with Crippen molar-refractivity contribution < 1.29 is 8.42 Å². The Hall–Kier alpha value is -0.580. The van der Waals surface area contributed by atoms with E-state index < -0.39 is 10.0 Å². The van der Waals surface area contributed by atoms with E-state index in [4.69, 9.17) is 11.6 Å². The van der Waals surface area contributed by atoms with Gasteiger partial charge in [0.15, 0.2) is 0 Å². The van der Waals surface area contributed by atoms with Gasteiger partial charge in [0.25, 0.3) is 0 Å². The second-order valence-corrected chi connectivity index (χ2v) is 6.40. The highest BCUT2D eigenvalue weighted by Gasteiger charge is 2.33. The Morgan fingerprint density at radius 2 is 2.06 bits per heavy atom. The van der Waals surface area contributed by atoms with Crippen molar-refractivity contribution in [3.8, 4) is 0 Å². The zero-order valence-corrected chi connectivity index (χ0v) is 10.6. The molecule has 1 saturated heterocycles. The van der Waals surface area contributed by atoms with Crippen LogP contribution < -0.4 is 0 Å². The molecule has 5 heteroatoms. The molecule has 1 aliphatic rings. The number of halogens is 1. The van der Waals surface area contributed by atoms with Crippen molar-refractivity contribution in [1.29, 1.82) is 0 Å². The molecule has 3 nitrogen and oxygen atoms in total. The molecule has 0 aliphatic carbocycles. The zero-order valence-electron chi connectivity index (χ0n) is 9.06.